The van der Waals surface area contributed by atoms with Gasteiger partial charge in [-0.2, -0.15) is 0 Å². The Morgan fingerprint density at radius 2 is 1.71 bits per heavy atom. The maximum Gasteiger partial charge on any atom is 0.321 e. The van der Waals surface area contributed by atoms with E-state index in [9.17, 15) is 13.2 Å². The fraction of sp³-hybridized carbons (Fsp3) is 0.611. The van der Waals surface area contributed by atoms with Gasteiger partial charge >= 0.3 is 6.03 Å². The first-order valence-corrected chi connectivity index (χ1v) is 10.3. The Kier molecular flexibility index (Phi) is 4.85. The molecular formula is C18H26N2O3S. The van der Waals surface area contributed by atoms with Crippen LogP contribution < -0.4 is 5.32 Å². The second-order valence-corrected chi connectivity index (χ2v) is 9.32. The van der Waals surface area contributed by atoms with Gasteiger partial charge in [-0.15, -0.1) is 0 Å². The lowest BCUT2D eigenvalue weighted by molar-refractivity contribution is 0.201. The molecule has 3 rings (SSSR count). The van der Waals surface area contributed by atoms with Gasteiger partial charge in [-0.05, 0) is 62.8 Å². The summed E-state index contributed by atoms with van der Waals surface area (Å²) < 4.78 is 25.1. The number of urea groups is 1. The van der Waals surface area contributed by atoms with Gasteiger partial charge in [-0.1, -0.05) is 12.8 Å². The molecule has 0 radical (unpaired) electrons. The highest BCUT2D eigenvalue weighted by molar-refractivity contribution is 7.92. The Bertz CT molecular complexity index is 689. The third-order valence-corrected chi connectivity index (χ3v) is 7.69. The van der Waals surface area contributed by atoms with Gasteiger partial charge in [0.15, 0.2) is 9.84 Å². The molecule has 2 saturated carbocycles. The molecule has 2 amide bonds. The van der Waals surface area contributed by atoms with Crippen LogP contribution in [0.1, 0.15) is 45.4 Å². The molecule has 1 aromatic rings. The predicted molar refractivity (Wildman–Crippen MR) is 94.9 cm³/mol. The van der Waals surface area contributed by atoms with Crippen molar-refractivity contribution in [1.29, 1.82) is 0 Å². The molecule has 1 unspecified atom stereocenters. The van der Waals surface area contributed by atoms with Crippen LogP contribution in [0.15, 0.2) is 29.2 Å². The number of sulfone groups is 1. The molecule has 0 saturated heterocycles. The summed E-state index contributed by atoms with van der Waals surface area (Å²) in [5.41, 5.74) is 0.625. The molecule has 132 valence electrons. The number of amides is 2. The van der Waals surface area contributed by atoms with E-state index in [1.54, 1.807) is 36.2 Å². The Balaban J connectivity index is 1.65. The maximum atomic E-state index is 12.6. The minimum Gasteiger partial charge on any atom is -0.325 e. The van der Waals surface area contributed by atoms with Gasteiger partial charge in [-0.25, -0.2) is 13.2 Å². The van der Waals surface area contributed by atoms with Crippen molar-refractivity contribution in [3.8, 4) is 0 Å². The van der Waals surface area contributed by atoms with E-state index in [4.69, 9.17) is 0 Å². The van der Waals surface area contributed by atoms with Crippen LogP contribution in [0.4, 0.5) is 10.5 Å². The van der Waals surface area contributed by atoms with E-state index in [0.29, 0.717) is 16.5 Å². The summed E-state index contributed by atoms with van der Waals surface area (Å²) in [7, 11) is -1.44. The molecule has 2 aliphatic carbocycles. The van der Waals surface area contributed by atoms with Crippen molar-refractivity contribution in [3.05, 3.63) is 24.3 Å². The zero-order valence-corrected chi connectivity index (χ0v) is 15.2. The number of hydrogen-bond donors (Lipinski definition) is 1. The summed E-state index contributed by atoms with van der Waals surface area (Å²) in [6.07, 6.45) is 5.86. The third kappa shape index (κ3) is 3.58. The zero-order valence-electron chi connectivity index (χ0n) is 14.4. The fourth-order valence-electron chi connectivity index (χ4n) is 3.41. The smallest absolute Gasteiger partial charge is 0.321 e. The molecule has 0 heterocycles. The lowest BCUT2D eigenvalue weighted by Crippen LogP contribution is -2.39. The van der Waals surface area contributed by atoms with Crippen molar-refractivity contribution in [2.24, 2.45) is 5.92 Å². The van der Waals surface area contributed by atoms with Crippen molar-refractivity contribution >= 4 is 21.6 Å². The van der Waals surface area contributed by atoms with Crippen molar-refractivity contribution < 1.29 is 13.2 Å². The SMILES string of the molecule is CC(C1CC1)N(C)C(=O)Nc1ccc(S(=O)(=O)C2CCCC2)cc1. The minimum atomic E-state index is -3.24. The number of carbonyl (C=O) groups excluding carboxylic acids is 1. The summed E-state index contributed by atoms with van der Waals surface area (Å²) in [5, 5.41) is 2.60. The van der Waals surface area contributed by atoms with E-state index < -0.39 is 9.84 Å². The second-order valence-electron chi connectivity index (χ2n) is 7.09. The van der Waals surface area contributed by atoms with E-state index in [2.05, 4.69) is 12.2 Å². The highest BCUT2D eigenvalue weighted by Gasteiger charge is 2.33. The Hall–Kier alpha value is -1.56. The number of benzene rings is 1. The molecule has 0 aromatic heterocycles. The average molecular weight is 350 g/mol. The Labute approximate surface area is 144 Å². The zero-order chi connectivity index (χ0) is 17.3. The van der Waals surface area contributed by atoms with E-state index in [1.165, 1.54) is 12.8 Å². The van der Waals surface area contributed by atoms with Crippen LogP contribution in [0, 0.1) is 5.92 Å². The van der Waals surface area contributed by atoms with E-state index in [-0.39, 0.29) is 17.3 Å². The molecule has 0 bridgehead atoms. The monoisotopic (exact) mass is 350 g/mol. The maximum absolute atomic E-state index is 12.6. The largest absolute Gasteiger partial charge is 0.325 e. The highest BCUT2D eigenvalue weighted by Crippen LogP contribution is 2.35. The third-order valence-electron chi connectivity index (χ3n) is 5.41. The van der Waals surface area contributed by atoms with Crippen molar-refractivity contribution in [2.75, 3.05) is 12.4 Å². The number of rotatable bonds is 5. The Morgan fingerprint density at radius 3 is 2.25 bits per heavy atom. The predicted octanol–water partition coefficient (Wildman–Crippen LogP) is 3.67. The molecule has 0 spiro atoms. The minimum absolute atomic E-state index is 0.152. The normalized spacial score (nSPS) is 19.9. The van der Waals surface area contributed by atoms with Gasteiger partial charge in [0.1, 0.15) is 0 Å². The fourth-order valence-corrected chi connectivity index (χ4v) is 5.26. The first-order chi connectivity index (χ1) is 11.4. The van der Waals surface area contributed by atoms with Gasteiger partial charge in [0.2, 0.25) is 0 Å². The topological polar surface area (TPSA) is 66.5 Å². The second kappa shape index (κ2) is 6.75. The van der Waals surface area contributed by atoms with E-state index in [1.807, 2.05) is 0 Å². The lowest BCUT2D eigenvalue weighted by atomic mass is 10.2. The summed E-state index contributed by atoms with van der Waals surface area (Å²) in [4.78, 5) is 14.4. The lowest BCUT2D eigenvalue weighted by Gasteiger charge is -2.25. The van der Waals surface area contributed by atoms with Gasteiger partial charge in [-0.3, -0.25) is 0 Å². The summed E-state index contributed by atoms with van der Waals surface area (Å²) >= 11 is 0. The molecule has 6 heteroatoms. The molecule has 5 nitrogen and oxygen atoms in total. The molecule has 0 aliphatic heterocycles. The molecule has 1 aromatic carbocycles. The first kappa shape index (κ1) is 17.3. The number of nitrogens with one attached hydrogen (secondary N) is 1. The van der Waals surface area contributed by atoms with Crippen LogP contribution in [0.3, 0.4) is 0 Å². The standard InChI is InChI=1S/C18H26N2O3S/c1-13(14-7-8-14)20(2)18(21)19-15-9-11-17(12-10-15)24(22,23)16-5-3-4-6-16/h9-14,16H,3-8H2,1-2H3,(H,19,21). The van der Waals surface area contributed by atoms with Gasteiger partial charge in [0.25, 0.3) is 0 Å². The Morgan fingerprint density at radius 1 is 1.12 bits per heavy atom. The summed E-state index contributed by atoms with van der Waals surface area (Å²) in [6.45, 7) is 2.06. The first-order valence-electron chi connectivity index (χ1n) is 8.77. The molecule has 2 aliphatic rings. The molecule has 1 N–H and O–H groups in total. The van der Waals surface area contributed by atoms with Crippen LogP contribution in [-0.4, -0.2) is 37.7 Å². The summed E-state index contributed by atoms with van der Waals surface area (Å²) in [6, 6.07) is 6.64. The molecule has 1 atom stereocenters. The van der Waals surface area contributed by atoms with Gasteiger partial charge in [0.05, 0.1) is 10.1 Å². The van der Waals surface area contributed by atoms with Crippen molar-refractivity contribution in [1.82, 2.24) is 4.90 Å². The van der Waals surface area contributed by atoms with E-state index >= 15 is 0 Å². The molecule has 24 heavy (non-hydrogen) atoms. The number of hydrogen-bond acceptors (Lipinski definition) is 3. The number of anilines is 1. The van der Waals surface area contributed by atoms with Gasteiger partial charge in [0, 0.05) is 18.8 Å². The molecule has 2 fully saturated rings. The van der Waals surface area contributed by atoms with Crippen LogP contribution in [0.25, 0.3) is 0 Å². The van der Waals surface area contributed by atoms with Crippen molar-refractivity contribution in [3.63, 3.8) is 0 Å². The van der Waals surface area contributed by atoms with Gasteiger partial charge < -0.3 is 10.2 Å². The van der Waals surface area contributed by atoms with Crippen LogP contribution in [-0.2, 0) is 9.84 Å². The highest BCUT2D eigenvalue weighted by atomic mass is 32.2. The van der Waals surface area contributed by atoms with Crippen LogP contribution >= 0.6 is 0 Å². The average Bonchev–Trinajstić information content (AvgIpc) is 3.27. The number of nitrogens with zero attached hydrogens (tertiary/aromatic N) is 1. The van der Waals surface area contributed by atoms with Crippen LogP contribution in [0.5, 0.6) is 0 Å². The summed E-state index contributed by atoms with van der Waals surface area (Å²) in [5.74, 6) is 0.611. The molecular weight excluding hydrogens is 324 g/mol. The van der Waals surface area contributed by atoms with Crippen LogP contribution in [0.2, 0.25) is 0 Å². The van der Waals surface area contributed by atoms with Crippen molar-refractivity contribution in [2.45, 2.75) is 61.6 Å². The van der Waals surface area contributed by atoms with E-state index in [0.717, 1.165) is 25.7 Å². The quantitative estimate of drug-likeness (QED) is 0.881. The number of carbonyl (C=O) groups is 1.